The van der Waals surface area contributed by atoms with Gasteiger partial charge in [0.25, 0.3) is 0 Å². The molecule has 4 nitrogen and oxygen atoms in total. The van der Waals surface area contributed by atoms with E-state index in [4.69, 9.17) is 16.3 Å². The predicted octanol–water partition coefficient (Wildman–Crippen LogP) is 4.06. The molecule has 1 aromatic carbocycles. The number of ether oxygens (including phenoxy) is 1. The van der Waals surface area contributed by atoms with E-state index < -0.39 is 0 Å². The molecule has 1 unspecified atom stereocenters. The number of esters is 1. The molecule has 20 heavy (non-hydrogen) atoms. The highest BCUT2D eigenvalue weighted by atomic mass is 35.5. The molecule has 2 aromatic rings. The predicted molar refractivity (Wildman–Crippen MR) is 81.7 cm³/mol. The van der Waals surface area contributed by atoms with E-state index >= 15 is 0 Å². The van der Waals surface area contributed by atoms with Gasteiger partial charge in [0.05, 0.1) is 40.1 Å². The second kappa shape index (κ2) is 6.24. The van der Waals surface area contributed by atoms with Crippen LogP contribution in [0.1, 0.15) is 34.0 Å². The first-order valence-corrected chi connectivity index (χ1v) is 7.33. The highest BCUT2D eigenvalue weighted by Gasteiger charge is 2.13. The molecule has 0 fully saturated rings. The highest BCUT2D eigenvalue weighted by molar-refractivity contribution is 7.09. The first-order chi connectivity index (χ1) is 9.51. The number of carbonyl (C=O) groups is 1. The summed E-state index contributed by atoms with van der Waals surface area (Å²) in [5, 5.41) is 6.84. The fourth-order valence-corrected chi connectivity index (χ4v) is 2.65. The summed E-state index contributed by atoms with van der Waals surface area (Å²) in [7, 11) is 1.35. The molecule has 0 bridgehead atoms. The molecule has 0 radical (unpaired) electrons. The SMILES string of the molecule is COC(=O)c1ccc(Cl)c(NC(C)c2csc(C)n2)c1. The fraction of sp³-hybridized carbons (Fsp3) is 0.286. The Bertz CT molecular complexity index is 627. The summed E-state index contributed by atoms with van der Waals surface area (Å²) in [6, 6.07) is 5.00. The van der Waals surface area contributed by atoms with Gasteiger partial charge in [0.1, 0.15) is 0 Å². The number of anilines is 1. The molecule has 1 aromatic heterocycles. The number of methoxy groups -OCH3 is 1. The van der Waals surface area contributed by atoms with Gasteiger partial charge in [-0.15, -0.1) is 11.3 Å². The van der Waals surface area contributed by atoms with Crippen LogP contribution in [0.5, 0.6) is 0 Å². The van der Waals surface area contributed by atoms with Crippen LogP contribution in [0.15, 0.2) is 23.6 Å². The summed E-state index contributed by atoms with van der Waals surface area (Å²) >= 11 is 7.75. The van der Waals surface area contributed by atoms with Crippen molar-refractivity contribution in [1.29, 1.82) is 0 Å². The summed E-state index contributed by atoms with van der Waals surface area (Å²) < 4.78 is 4.70. The number of hydrogen-bond donors (Lipinski definition) is 1. The maximum Gasteiger partial charge on any atom is 0.337 e. The molecule has 0 aliphatic heterocycles. The zero-order chi connectivity index (χ0) is 14.7. The van der Waals surface area contributed by atoms with Crippen molar-refractivity contribution in [3.8, 4) is 0 Å². The van der Waals surface area contributed by atoms with Gasteiger partial charge in [-0.1, -0.05) is 11.6 Å². The molecule has 0 spiro atoms. The Balaban J connectivity index is 2.22. The van der Waals surface area contributed by atoms with Gasteiger partial charge in [0.15, 0.2) is 0 Å². The van der Waals surface area contributed by atoms with Gasteiger partial charge < -0.3 is 10.1 Å². The van der Waals surface area contributed by atoms with E-state index in [9.17, 15) is 4.79 Å². The maximum atomic E-state index is 11.5. The molecule has 6 heteroatoms. The lowest BCUT2D eigenvalue weighted by atomic mass is 10.1. The summed E-state index contributed by atoms with van der Waals surface area (Å²) in [6.07, 6.45) is 0. The van der Waals surface area contributed by atoms with Gasteiger partial charge in [-0.05, 0) is 32.0 Å². The summed E-state index contributed by atoms with van der Waals surface area (Å²) in [6.45, 7) is 3.96. The number of nitrogens with one attached hydrogen (secondary N) is 1. The zero-order valence-electron chi connectivity index (χ0n) is 11.4. The van der Waals surface area contributed by atoms with Crippen LogP contribution >= 0.6 is 22.9 Å². The summed E-state index contributed by atoms with van der Waals surface area (Å²) in [4.78, 5) is 16.0. The van der Waals surface area contributed by atoms with E-state index in [-0.39, 0.29) is 12.0 Å². The minimum absolute atomic E-state index is 0.00495. The van der Waals surface area contributed by atoms with Crippen LogP contribution in [0, 0.1) is 6.92 Å². The minimum Gasteiger partial charge on any atom is -0.465 e. The summed E-state index contributed by atoms with van der Waals surface area (Å²) in [5.74, 6) is -0.387. The number of rotatable bonds is 4. The molecule has 0 amide bonds. The number of nitrogens with zero attached hydrogens (tertiary/aromatic N) is 1. The van der Waals surface area contributed by atoms with Crippen LogP contribution in [0.3, 0.4) is 0 Å². The van der Waals surface area contributed by atoms with Crippen molar-refractivity contribution >= 4 is 34.6 Å². The number of halogens is 1. The van der Waals surface area contributed by atoms with Crippen LogP contribution in [-0.2, 0) is 4.74 Å². The Hall–Kier alpha value is -1.59. The molecule has 1 N–H and O–H groups in total. The Morgan fingerprint density at radius 3 is 2.85 bits per heavy atom. The third kappa shape index (κ3) is 3.29. The second-order valence-corrected chi connectivity index (χ2v) is 5.81. The Morgan fingerprint density at radius 2 is 2.25 bits per heavy atom. The number of hydrogen-bond acceptors (Lipinski definition) is 5. The van der Waals surface area contributed by atoms with E-state index in [1.807, 2.05) is 19.2 Å². The van der Waals surface area contributed by atoms with Crippen molar-refractivity contribution in [1.82, 2.24) is 4.98 Å². The zero-order valence-corrected chi connectivity index (χ0v) is 13.0. The average molecular weight is 311 g/mol. The highest BCUT2D eigenvalue weighted by Crippen LogP contribution is 2.28. The minimum atomic E-state index is -0.387. The molecule has 2 rings (SSSR count). The molecular formula is C14H15ClN2O2S. The van der Waals surface area contributed by atoms with Crippen LogP contribution in [-0.4, -0.2) is 18.1 Å². The molecule has 0 aliphatic carbocycles. The smallest absolute Gasteiger partial charge is 0.337 e. The molecule has 1 atom stereocenters. The number of carbonyl (C=O) groups excluding carboxylic acids is 1. The van der Waals surface area contributed by atoms with Crippen molar-refractivity contribution in [3.63, 3.8) is 0 Å². The lowest BCUT2D eigenvalue weighted by Gasteiger charge is -2.15. The van der Waals surface area contributed by atoms with Crippen molar-refractivity contribution in [3.05, 3.63) is 44.9 Å². The topological polar surface area (TPSA) is 51.2 Å². The Kier molecular flexibility index (Phi) is 4.62. The molecule has 0 saturated heterocycles. The first kappa shape index (κ1) is 14.8. The fourth-order valence-electron chi connectivity index (χ4n) is 1.77. The maximum absolute atomic E-state index is 11.5. The third-order valence-corrected chi connectivity index (χ3v) is 3.96. The molecule has 1 heterocycles. The van der Waals surface area contributed by atoms with Gasteiger partial charge >= 0.3 is 5.97 Å². The van der Waals surface area contributed by atoms with Crippen molar-refractivity contribution in [2.75, 3.05) is 12.4 Å². The third-order valence-electron chi connectivity index (χ3n) is 2.84. The van der Waals surface area contributed by atoms with E-state index in [1.54, 1.807) is 29.5 Å². The lowest BCUT2D eigenvalue weighted by molar-refractivity contribution is 0.0601. The number of benzene rings is 1. The quantitative estimate of drug-likeness (QED) is 0.865. The number of aryl methyl sites for hydroxylation is 1. The Labute approximate surface area is 126 Å². The van der Waals surface area contributed by atoms with Gasteiger partial charge in [0, 0.05) is 5.38 Å². The molecular weight excluding hydrogens is 296 g/mol. The van der Waals surface area contributed by atoms with E-state index in [0.29, 0.717) is 16.3 Å². The first-order valence-electron chi connectivity index (χ1n) is 6.07. The lowest BCUT2D eigenvalue weighted by Crippen LogP contribution is -2.09. The number of thiazole rings is 1. The van der Waals surface area contributed by atoms with Gasteiger partial charge in [-0.3, -0.25) is 0 Å². The van der Waals surface area contributed by atoms with Crippen LogP contribution in [0.4, 0.5) is 5.69 Å². The van der Waals surface area contributed by atoms with Crippen molar-refractivity contribution in [2.45, 2.75) is 19.9 Å². The molecule has 0 aliphatic rings. The average Bonchev–Trinajstić information content (AvgIpc) is 2.87. The van der Waals surface area contributed by atoms with Crippen molar-refractivity contribution in [2.24, 2.45) is 0 Å². The molecule has 0 saturated carbocycles. The summed E-state index contributed by atoms with van der Waals surface area (Å²) in [5.41, 5.74) is 2.10. The van der Waals surface area contributed by atoms with Crippen molar-refractivity contribution < 1.29 is 9.53 Å². The van der Waals surface area contributed by atoms with Gasteiger partial charge in [-0.2, -0.15) is 0 Å². The van der Waals surface area contributed by atoms with E-state index in [0.717, 1.165) is 10.7 Å². The second-order valence-electron chi connectivity index (χ2n) is 4.34. The van der Waals surface area contributed by atoms with Gasteiger partial charge in [-0.25, -0.2) is 9.78 Å². The van der Waals surface area contributed by atoms with Crippen LogP contribution < -0.4 is 5.32 Å². The monoisotopic (exact) mass is 310 g/mol. The largest absolute Gasteiger partial charge is 0.465 e. The van der Waals surface area contributed by atoms with Crippen LogP contribution in [0.2, 0.25) is 5.02 Å². The standard InChI is InChI=1S/C14H15ClN2O2S/c1-8(13-7-20-9(2)17-13)16-12-6-10(14(18)19-3)4-5-11(12)15/h4-8,16H,1-3H3. The van der Waals surface area contributed by atoms with Crippen LogP contribution in [0.25, 0.3) is 0 Å². The molecule has 106 valence electrons. The van der Waals surface area contributed by atoms with E-state index in [1.165, 1.54) is 7.11 Å². The van der Waals surface area contributed by atoms with E-state index in [2.05, 4.69) is 10.3 Å². The van der Waals surface area contributed by atoms with Gasteiger partial charge in [0.2, 0.25) is 0 Å². The normalized spacial score (nSPS) is 12.0. The Morgan fingerprint density at radius 1 is 1.50 bits per heavy atom. The number of aromatic nitrogens is 1.